The lowest BCUT2D eigenvalue weighted by Gasteiger charge is -2.26. The van der Waals surface area contributed by atoms with Crippen LogP contribution in [0.25, 0.3) is 0 Å². The Balaban J connectivity index is 3.21. The number of rotatable bonds is 3. The fourth-order valence-electron chi connectivity index (χ4n) is 1.71. The average molecular weight is 224 g/mol. The maximum Gasteiger partial charge on any atom is 0.122 e. The summed E-state index contributed by atoms with van der Waals surface area (Å²) in [4.78, 5) is 0. The maximum atomic E-state index is 10.0. The second kappa shape index (κ2) is 4.44. The molecule has 1 aromatic carbocycles. The molecule has 3 heteroatoms. The summed E-state index contributed by atoms with van der Waals surface area (Å²) in [7, 11) is 1.62. The topological polar surface area (TPSA) is 49.7 Å². The van der Waals surface area contributed by atoms with Crippen molar-refractivity contribution < 1.29 is 14.9 Å². The fourth-order valence-corrected chi connectivity index (χ4v) is 1.71. The minimum atomic E-state index is -1.15. The van der Waals surface area contributed by atoms with Crippen LogP contribution in [0.15, 0.2) is 12.1 Å². The Labute approximate surface area is 96.7 Å². The molecule has 3 nitrogen and oxygen atoms in total. The van der Waals surface area contributed by atoms with E-state index in [1.807, 2.05) is 26.0 Å². The van der Waals surface area contributed by atoms with Gasteiger partial charge in [0.1, 0.15) is 11.9 Å². The highest BCUT2D eigenvalue weighted by atomic mass is 16.5. The van der Waals surface area contributed by atoms with Crippen molar-refractivity contribution in [3.63, 3.8) is 0 Å². The van der Waals surface area contributed by atoms with E-state index < -0.39 is 11.7 Å². The lowest BCUT2D eigenvalue weighted by atomic mass is 9.90. The van der Waals surface area contributed by atoms with Gasteiger partial charge in [0.25, 0.3) is 0 Å². The van der Waals surface area contributed by atoms with E-state index in [0.717, 1.165) is 22.4 Å². The number of methoxy groups -OCH3 is 1. The summed E-state index contributed by atoms with van der Waals surface area (Å²) in [6.45, 7) is 7.00. The van der Waals surface area contributed by atoms with Gasteiger partial charge in [0.2, 0.25) is 0 Å². The molecule has 1 atom stereocenters. The zero-order valence-electron chi connectivity index (χ0n) is 10.5. The highest BCUT2D eigenvalue weighted by molar-refractivity contribution is 5.43. The van der Waals surface area contributed by atoms with Crippen LogP contribution in [0.2, 0.25) is 0 Å². The SMILES string of the molecule is COc1cc(C)c(C(O)C(C)(C)O)cc1C. The molecule has 0 bridgehead atoms. The van der Waals surface area contributed by atoms with E-state index in [0.29, 0.717) is 0 Å². The van der Waals surface area contributed by atoms with E-state index in [-0.39, 0.29) is 0 Å². The van der Waals surface area contributed by atoms with Crippen LogP contribution in [0.4, 0.5) is 0 Å². The number of ether oxygens (including phenoxy) is 1. The maximum absolute atomic E-state index is 10.0. The van der Waals surface area contributed by atoms with Crippen molar-refractivity contribution in [2.75, 3.05) is 7.11 Å². The molecule has 0 amide bonds. The van der Waals surface area contributed by atoms with Crippen molar-refractivity contribution in [3.8, 4) is 5.75 Å². The summed E-state index contributed by atoms with van der Waals surface area (Å²) in [5.74, 6) is 0.796. The molecule has 0 spiro atoms. The van der Waals surface area contributed by atoms with Crippen LogP contribution in [-0.2, 0) is 0 Å². The molecule has 0 saturated carbocycles. The van der Waals surface area contributed by atoms with Gasteiger partial charge >= 0.3 is 0 Å². The normalized spacial score (nSPS) is 13.7. The van der Waals surface area contributed by atoms with Crippen LogP contribution in [0, 0.1) is 13.8 Å². The van der Waals surface area contributed by atoms with E-state index in [9.17, 15) is 10.2 Å². The Bertz CT molecular complexity index is 377. The molecule has 0 aliphatic rings. The van der Waals surface area contributed by atoms with Crippen molar-refractivity contribution in [1.82, 2.24) is 0 Å². The molecule has 1 aromatic rings. The van der Waals surface area contributed by atoms with Crippen LogP contribution in [-0.4, -0.2) is 22.9 Å². The molecule has 0 fully saturated rings. The van der Waals surface area contributed by atoms with Gasteiger partial charge in [-0.05, 0) is 56.5 Å². The van der Waals surface area contributed by atoms with Crippen LogP contribution in [0.5, 0.6) is 5.75 Å². The van der Waals surface area contributed by atoms with E-state index in [2.05, 4.69) is 0 Å². The van der Waals surface area contributed by atoms with Gasteiger partial charge < -0.3 is 14.9 Å². The zero-order chi connectivity index (χ0) is 12.5. The lowest BCUT2D eigenvalue weighted by Crippen LogP contribution is -2.29. The molecule has 0 aromatic heterocycles. The molecule has 90 valence electrons. The monoisotopic (exact) mass is 224 g/mol. The summed E-state index contributed by atoms with van der Waals surface area (Å²) in [5.41, 5.74) is 1.46. The minimum Gasteiger partial charge on any atom is -0.496 e. The van der Waals surface area contributed by atoms with Crippen LogP contribution < -0.4 is 4.74 Å². The number of aliphatic hydroxyl groups is 2. The number of aryl methyl sites for hydroxylation is 2. The van der Waals surface area contributed by atoms with Crippen molar-refractivity contribution in [2.45, 2.75) is 39.4 Å². The third-order valence-corrected chi connectivity index (χ3v) is 2.75. The lowest BCUT2D eigenvalue weighted by molar-refractivity contribution is -0.0500. The first-order valence-corrected chi connectivity index (χ1v) is 5.33. The highest BCUT2D eigenvalue weighted by Gasteiger charge is 2.27. The number of benzene rings is 1. The van der Waals surface area contributed by atoms with Gasteiger partial charge in [0.05, 0.1) is 12.7 Å². The molecule has 0 heterocycles. The summed E-state index contributed by atoms with van der Waals surface area (Å²) in [6.07, 6.45) is -0.892. The predicted octanol–water partition coefficient (Wildman–Crippen LogP) is 2.12. The van der Waals surface area contributed by atoms with Gasteiger partial charge in [0, 0.05) is 0 Å². The summed E-state index contributed by atoms with van der Waals surface area (Å²) in [5, 5.41) is 19.8. The molecule has 0 radical (unpaired) electrons. The van der Waals surface area contributed by atoms with Gasteiger partial charge in [-0.1, -0.05) is 0 Å². The van der Waals surface area contributed by atoms with Crippen molar-refractivity contribution in [2.24, 2.45) is 0 Å². The first kappa shape index (κ1) is 13.0. The van der Waals surface area contributed by atoms with Gasteiger partial charge in [0.15, 0.2) is 0 Å². The second-order valence-corrected chi connectivity index (χ2v) is 4.73. The quantitative estimate of drug-likeness (QED) is 0.826. The summed E-state index contributed by atoms with van der Waals surface area (Å²) in [6, 6.07) is 3.73. The smallest absolute Gasteiger partial charge is 0.122 e. The molecule has 0 aliphatic carbocycles. The van der Waals surface area contributed by atoms with Crippen LogP contribution >= 0.6 is 0 Å². The Kier molecular flexibility index (Phi) is 3.61. The number of hydrogen-bond donors (Lipinski definition) is 2. The van der Waals surface area contributed by atoms with Crippen molar-refractivity contribution >= 4 is 0 Å². The van der Waals surface area contributed by atoms with E-state index >= 15 is 0 Å². The molecule has 0 saturated heterocycles. The molecular weight excluding hydrogens is 204 g/mol. The van der Waals surface area contributed by atoms with Gasteiger partial charge in [-0.3, -0.25) is 0 Å². The zero-order valence-corrected chi connectivity index (χ0v) is 10.5. The first-order chi connectivity index (χ1) is 7.27. The Morgan fingerprint density at radius 2 is 1.75 bits per heavy atom. The van der Waals surface area contributed by atoms with Crippen LogP contribution in [0.1, 0.15) is 36.6 Å². The highest BCUT2D eigenvalue weighted by Crippen LogP contribution is 2.31. The Morgan fingerprint density at radius 3 is 2.19 bits per heavy atom. The average Bonchev–Trinajstić information content (AvgIpc) is 2.18. The van der Waals surface area contributed by atoms with E-state index in [4.69, 9.17) is 4.74 Å². The number of aliphatic hydroxyl groups excluding tert-OH is 1. The first-order valence-electron chi connectivity index (χ1n) is 5.33. The Morgan fingerprint density at radius 1 is 1.19 bits per heavy atom. The largest absolute Gasteiger partial charge is 0.496 e. The van der Waals surface area contributed by atoms with Crippen molar-refractivity contribution in [3.05, 3.63) is 28.8 Å². The van der Waals surface area contributed by atoms with E-state index in [1.54, 1.807) is 21.0 Å². The second-order valence-electron chi connectivity index (χ2n) is 4.73. The molecule has 1 rings (SSSR count). The van der Waals surface area contributed by atoms with E-state index in [1.165, 1.54) is 0 Å². The summed E-state index contributed by atoms with van der Waals surface area (Å²) >= 11 is 0. The van der Waals surface area contributed by atoms with Gasteiger partial charge in [-0.15, -0.1) is 0 Å². The Hall–Kier alpha value is -1.06. The minimum absolute atomic E-state index is 0.741. The third kappa shape index (κ3) is 2.54. The predicted molar refractivity (Wildman–Crippen MR) is 63.7 cm³/mol. The van der Waals surface area contributed by atoms with Gasteiger partial charge in [-0.2, -0.15) is 0 Å². The van der Waals surface area contributed by atoms with Crippen LogP contribution in [0.3, 0.4) is 0 Å². The molecule has 0 aliphatic heterocycles. The standard InChI is InChI=1S/C13H20O3/c1-8-7-11(16-5)9(2)6-10(8)12(14)13(3,4)15/h6-7,12,14-15H,1-5H3. The molecule has 16 heavy (non-hydrogen) atoms. The van der Waals surface area contributed by atoms with Crippen molar-refractivity contribution in [1.29, 1.82) is 0 Å². The fraction of sp³-hybridized carbons (Fsp3) is 0.538. The molecular formula is C13H20O3. The molecule has 1 unspecified atom stereocenters. The van der Waals surface area contributed by atoms with Gasteiger partial charge in [-0.25, -0.2) is 0 Å². The summed E-state index contributed by atoms with van der Waals surface area (Å²) < 4.78 is 5.20. The number of hydrogen-bond acceptors (Lipinski definition) is 3. The molecule has 2 N–H and O–H groups in total. The third-order valence-electron chi connectivity index (χ3n) is 2.75.